The van der Waals surface area contributed by atoms with Crippen molar-refractivity contribution in [1.29, 1.82) is 0 Å². The van der Waals surface area contributed by atoms with Gasteiger partial charge in [-0.05, 0) is 72.1 Å². The third-order valence-corrected chi connectivity index (χ3v) is 5.16. The first kappa shape index (κ1) is 15.8. The zero-order valence-corrected chi connectivity index (χ0v) is 14.3. The predicted molar refractivity (Wildman–Crippen MR) is 87.8 cm³/mol. The zero-order valence-electron chi connectivity index (χ0n) is 11.9. The lowest BCUT2D eigenvalue weighted by Gasteiger charge is -2.14. The molecule has 1 heterocycles. The number of benzene rings is 1. The molecule has 21 heavy (non-hydrogen) atoms. The van der Waals surface area contributed by atoms with Crippen molar-refractivity contribution in [3.63, 3.8) is 0 Å². The highest BCUT2D eigenvalue weighted by Gasteiger charge is 2.21. The van der Waals surface area contributed by atoms with Crippen molar-refractivity contribution in [2.45, 2.75) is 25.7 Å². The van der Waals surface area contributed by atoms with Gasteiger partial charge in [-0.1, -0.05) is 0 Å². The van der Waals surface area contributed by atoms with Gasteiger partial charge in [0.2, 0.25) is 0 Å². The summed E-state index contributed by atoms with van der Waals surface area (Å²) in [7, 11) is -3.69. The van der Waals surface area contributed by atoms with Gasteiger partial charge in [-0.25, -0.2) is 13.4 Å². The van der Waals surface area contributed by atoms with Gasteiger partial charge < -0.3 is 5.73 Å². The summed E-state index contributed by atoms with van der Waals surface area (Å²) in [6.07, 6.45) is 0. The van der Waals surface area contributed by atoms with Gasteiger partial charge >= 0.3 is 0 Å². The first-order valence-corrected chi connectivity index (χ1v) is 8.51. The summed E-state index contributed by atoms with van der Waals surface area (Å²) in [6.45, 7) is 5.19. The SMILES string of the molecule is Cc1cc(N)cc(C)c1S(=O)(=O)Nc1ccc(Br)nc1C. The van der Waals surface area contributed by atoms with Gasteiger partial charge in [0.05, 0.1) is 16.3 Å². The summed E-state index contributed by atoms with van der Waals surface area (Å²) in [4.78, 5) is 4.43. The molecule has 0 radical (unpaired) electrons. The molecule has 2 rings (SSSR count). The second-order valence-corrected chi connectivity index (χ2v) is 7.29. The highest BCUT2D eigenvalue weighted by molar-refractivity contribution is 9.10. The first-order valence-electron chi connectivity index (χ1n) is 6.23. The second-order valence-electron chi connectivity index (χ2n) is 4.86. The van der Waals surface area contributed by atoms with Crippen LogP contribution in [0.25, 0.3) is 0 Å². The van der Waals surface area contributed by atoms with Crippen LogP contribution in [-0.2, 0) is 10.0 Å². The fraction of sp³-hybridized carbons (Fsp3) is 0.214. The molecule has 2 aromatic rings. The number of nitrogens with zero attached hydrogens (tertiary/aromatic N) is 1. The smallest absolute Gasteiger partial charge is 0.262 e. The van der Waals surface area contributed by atoms with E-state index in [1.807, 2.05) is 0 Å². The van der Waals surface area contributed by atoms with E-state index in [-0.39, 0.29) is 4.90 Å². The minimum Gasteiger partial charge on any atom is -0.399 e. The maximum atomic E-state index is 12.6. The Morgan fingerprint density at radius 1 is 1.14 bits per heavy atom. The average Bonchev–Trinajstić information content (AvgIpc) is 2.30. The lowest BCUT2D eigenvalue weighted by Crippen LogP contribution is -2.17. The number of rotatable bonds is 3. The van der Waals surface area contributed by atoms with Crippen molar-refractivity contribution in [3.05, 3.63) is 45.7 Å². The Bertz CT molecular complexity index is 781. The summed E-state index contributed by atoms with van der Waals surface area (Å²) >= 11 is 3.25. The van der Waals surface area contributed by atoms with E-state index in [1.165, 1.54) is 0 Å². The molecule has 0 aliphatic carbocycles. The molecule has 112 valence electrons. The number of hydrogen-bond acceptors (Lipinski definition) is 4. The largest absolute Gasteiger partial charge is 0.399 e. The van der Waals surface area contributed by atoms with E-state index in [4.69, 9.17) is 5.73 Å². The van der Waals surface area contributed by atoms with Crippen molar-refractivity contribution >= 4 is 37.3 Å². The summed E-state index contributed by atoms with van der Waals surface area (Å²) in [5.41, 5.74) is 8.56. The average molecular weight is 370 g/mol. The molecule has 0 aliphatic heterocycles. The number of hydrogen-bond donors (Lipinski definition) is 2. The van der Waals surface area contributed by atoms with E-state index in [0.717, 1.165) is 0 Å². The summed E-state index contributed by atoms with van der Waals surface area (Å²) < 4.78 is 28.4. The first-order chi connectivity index (χ1) is 9.70. The maximum absolute atomic E-state index is 12.6. The van der Waals surface area contributed by atoms with E-state index >= 15 is 0 Å². The molecule has 3 N–H and O–H groups in total. The van der Waals surface area contributed by atoms with E-state index in [0.29, 0.717) is 32.8 Å². The number of nitrogen functional groups attached to an aromatic ring is 1. The Balaban J connectivity index is 2.48. The van der Waals surface area contributed by atoms with Crippen molar-refractivity contribution in [2.75, 3.05) is 10.5 Å². The van der Waals surface area contributed by atoms with Gasteiger partial charge in [-0.3, -0.25) is 4.72 Å². The topological polar surface area (TPSA) is 85.1 Å². The predicted octanol–water partition coefficient (Wildman–Crippen LogP) is 3.15. The lowest BCUT2D eigenvalue weighted by atomic mass is 10.1. The van der Waals surface area contributed by atoms with Crippen LogP contribution in [0, 0.1) is 20.8 Å². The molecule has 0 unspecified atom stereocenters. The number of pyridine rings is 1. The second kappa shape index (κ2) is 5.65. The number of aryl methyl sites for hydroxylation is 3. The highest BCUT2D eigenvalue weighted by Crippen LogP contribution is 2.26. The fourth-order valence-electron chi connectivity index (χ4n) is 2.24. The van der Waals surface area contributed by atoms with E-state index in [2.05, 4.69) is 25.6 Å². The van der Waals surface area contributed by atoms with Gasteiger partial charge in [0.15, 0.2) is 0 Å². The normalized spacial score (nSPS) is 11.4. The standard InChI is InChI=1S/C14H16BrN3O2S/c1-8-6-11(16)7-9(2)14(8)21(19,20)18-12-4-5-13(15)17-10(12)3/h4-7,18H,16H2,1-3H3. The molecule has 1 aromatic heterocycles. The Morgan fingerprint density at radius 2 is 1.71 bits per heavy atom. The Labute approximate surface area is 132 Å². The molecule has 0 saturated carbocycles. The van der Waals surface area contributed by atoms with Gasteiger partial charge in [0, 0.05) is 5.69 Å². The number of nitrogens with two attached hydrogens (primary N) is 1. The number of halogens is 1. The fourth-order valence-corrected chi connectivity index (χ4v) is 4.21. The Kier molecular flexibility index (Phi) is 4.25. The Morgan fingerprint density at radius 3 is 2.24 bits per heavy atom. The van der Waals surface area contributed by atoms with Crippen LogP contribution in [-0.4, -0.2) is 13.4 Å². The van der Waals surface area contributed by atoms with E-state index in [1.54, 1.807) is 45.0 Å². The molecular weight excluding hydrogens is 354 g/mol. The van der Waals surface area contributed by atoms with E-state index < -0.39 is 10.0 Å². The van der Waals surface area contributed by atoms with E-state index in [9.17, 15) is 8.42 Å². The van der Waals surface area contributed by atoms with Crippen molar-refractivity contribution in [2.24, 2.45) is 0 Å². The molecule has 5 nitrogen and oxygen atoms in total. The number of anilines is 2. The monoisotopic (exact) mass is 369 g/mol. The number of nitrogens with one attached hydrogen (secondary N) is 1. The van der Waals surface area contributed by atoms with Crippen LogP contribution in [0.3, 0.4) is 0 Å². The van der Waals surface area contributed by atoms with Crippen LogP contribution in [0.1, 0.15) is 16.8 Å². The quantitative estimate of drug-likeness (QED) is 0.642. The maximum Gasteiger partial charge on any atom is 0.262 e. The van der Waals surface area contributed by atoms with Gasteiger partial charge in [0.1, 0.15) is 4.60 Å². The van der Waals surface area contributed by atoms with Crippen LogP contribution >= 0.6 is 15.9 Å². The molecular formula is C14H16BrN3O2S. The summed E-state index contributed by atoms with van der Waals surface area (Å²) in [6, 6.07) is 6.65. The van der Waals surface area contributed by atoms with Gasteiger partial charge in [0.25, 0.3) is 10.0 Å². The molecule has 0 spiro atoms. The minimum atomic E-state index is -3.69. The Hall–Kier alpha value is -1.60. The van der Waals surface area contributed by atoms with Crippen LogP contribution in [0.15, 0.2) is 33.8 Å². The third kappa shape index (κ3) is 3.36. The van der Waals surface area contributed by atoms with Crippen molar-refractivity contribution in [1.82, 2.24) is 4.98 Å². The van der Waals surface area contributed by atoms with Crippen LogP contribution in [0.2, 0.25) is 0 Å². The van der Waals surface area contributed by atoms with Crippen molar-refractivity contribution < 1.29 is 8.42 Å². The molecule has 0 fully saturated rings. The van der Waals surface area contributed by atoms with Crippen LogP contribution in [0.5, 0.6) is 0 Å². The number of aromatic nitrogens is 1. The molecule has 7 heteroatoms. The minimum absolute atomic E-state index is 0.249. The van der Waals surface area contributed by atoms with Gasteiger partial charge in [-0.15, -0.1) is 0 Å². The molecule has 0 amide bonds. The molecule has 0 atom stereocenters. The molecule has 1 aromatic carbocycles. The zero-order chi connectivity index (χ0) is 15.8. The van der Waals surface area contributed by atoms with Gasteiger partial charge in [-0.2, -0.15) is 0 Å². The molecule has 0 aliphatic rings. The van der Waals surface area contributed by atoms with Crippen molar-refractivity contribution in [3.8, 4) is 0 Å². The van der Waals surface area contributed by atoms with Crippen LogP contribution in [0.4, 0.5) is 11.4 Å². The third-order valence-electron chi connectivity index (χ3n) is 3.05. The number of sulfonamides is 1. The molecule has 0 bridgehead atoms. The summed E-state index contributed by atoms with van der Waals surface area (Å²) in [5.74, 6) is 0. The van der Waals surface area contributed by atoms with Crippen LogP contribution < -0.4 is 10.5 Å². The lowest BCUT2D eigenvalue weighted by molar-refractivity contribution is 0.600. The molecule has 0 saturated heterocycles. The highest BCUT2D eigenvalue weighted by atomic mass is 79.9. The summed E-state index contributed by atoms with van der Waals surface area (Å²) in [5, 5.41) is 0.